The van der Waals surface area contributed by atoms with Crippen LogP contribution in [0.5, 0.6) is 11.5 Å². The lowest BCUT2D eigenvalue weighted by Gasteiger charge is -2.02. The predicted molar refractivity (Wildman–Crippen MR) is 71.1 cm³/mol. The van der Waals surface area contributed by atoms with Crippen molar-refractivity contribution in [3.05, 3.63) is 23.8 Å². The molecule has 1 aromatic rings. The van der Waals surface area contributed by atoms with Gasteiger partial charge in [0.25, 0.3) is 0 Å². The summed E-state index contributed by atoms with van der Waals surface area (Å²) in [5, 5.41) is 8.37. The van der Waals surface area contributed by atoms with E-state index in [1.807, 2.05) is 6.07 Å². The molecule has 0 bridgehead atoms. The third kappa shape index (κ3) is 1.69. The van der Waals surface area contributed by atoms with Crippen LogP contribution in [0.4, 0.5) is 0 Å². The summed E-state index contributed by atoms with van der Waals surface area (Å²) in [5.41, 5.74) is 5.30. The van der Waals surface area contributed by atoms with Crippen LogP contribution >= 0.6 is 0 Å². The maximum Gasteiger partial charge on any atom is 0.231 e. The van der Waals surface area contributed by atoms with Crippen molar-refractivity contribution in [1.29, 1.82) is 5.26 Å². The third-order valence-corrected chi connectivity index (χ3v) is 6.16. The number of nitriles is 1. The molecule has 7 heteroatoms. The van der Waals surface area contributed by atoms with Gasteiger partial charge in [0.1, 0.15) is 10.8 Å². The van der Waals surface area contributed by atoms with Gasteiger partial charge in [0.05, 0.1) is 6.07 Å². The van der Waals surface area contributed by atoms with Gasteiger partial charge in [-0.2, -0.15) is 5.26 Å². The van der Waals surface area contributed by atoms with E-state index >= 15 is 0 Å². The molecule has 6 nitrogen and oxygen atoms in total. The number of fused-ring (bicyclic) bond motifs is 1. The molecule has 2 N–H and O–H groups in total. The second-order valence-corrected chi connectivity index (χ2v) is 7.42. The first-order chi connectivity index (χ1) is 9.44. The molecule has 0 saturated heterocycles. The van der Waals surface area contributed by atoms with E-state index in [1.165, 1.54) is 0 Å². The van der Waals surface area contributed by atoms with E-state index in [0.717, 1.165) is 0 Å². The molecule has 1 aliphatic carbocycles. The Morgan fingerprint density at radius 1 is 1.45 bits per heavy atom. The van der Waals surface area contributed by atoms with E-state index < -0.39 is 26.5 Å². The van der Waals surface area contributed by atoms with Crippen molar-refractivity contribution in [2.75, 3.05) is 12.5 Å². The molecule has 3 atom stereocenters. The summed E-state index contributed by atoms with van der Waals surface area (Å²) in [7, 11) is -3.38. The van der Waals surface area contributed by atoms with Gasteiger partial charge >= 0.3 is 0 Å². The van der Waals surface area contributed by atoms with Crippen LogP contribution in [0.2, 0.25) is 0 Å². The highest BCUT2D eigenvalue weighted by molar-refractivity contribution is 7.92. The first-order valence-corrected chi connectivity index (χ1v) is 7.97. The molecular formula is C13H14N2O4S. The minimum Gasteiger partial charge on any atom is -0.454 e. The lowest BCUT2D eigenvalue weighted by Crippen LogP contribution is -2.29. The van der Waals surface area contributed by atoms with Crippen LogP contribution in [-0.4, -0.2) is 31.8 Å². The quantitative estimate of drug-likeness (QED) is 0.872. The van der Waals surface area contributed by atoms with Crippen molar-refractivity contribution in [3.8, 4) is 17.6 Å². The third-order valence-electron chi connectivity index (χ3n) is 3.92. The molecule has 0 amide bonds. The number of sulfone groups is 1. The minimum absolute atomic E-state index is 0.0284. The van der Waals surface area contributed by atoms with Crippen LogP contribution in [0.25, 0.3) is 0 Å². The standard InChI is InChI=1S/C13H14N2O4S/c1-2-20(16,17)12-11(13(12,15)6-14)8-3-4-9-10(5-8)19-7-18-9/h3-5,11-12H,2,7,15H2,1H3/t11-,12+,13+/m0/s1. The first-order valence-electron chi connectivity index (χ1n) is 6.25. The SMILES string of the molecule is CCS(=O)(=O)[C@@H]1[C@H](c2ccc3c(c2)OCO3)[C@]1(N)C#N. The molecule has 1 aliphatic heterocycles. The smallest absolute Gasteiger partial charge is 0.231 e. The number of ether oxygens (including phenoxy) is 2. The fourth-order valence-corrected chi connectivity index (χ4v) is 4.62. The maximum absolute atomic E-state index is 12.1. The van der Waals surface area contributed by atoms with Crippen LogP contribution in [0.1, 0.15) is 18.4 Å². The molecule has 0 spiro atoms. The van der Waals surface area contributed by atoms with E-state index in [9.17, 15) is 13.7 Å². The number of benzene rings is 1. The summed E-state index contributed by atoms with van der Waals surface area (Å²) >= 11 is 0. The van der Waals surface area contributed by atoms with Gasteiger partial charge in [-0.25, -0.2) is 8.42 Å². The zero-order valence-corrected chi connectivity index (χ0v) is 11.7. The fourth-order valence-electron chi connectivity index (χ4n) is 2.75. The topological polar surface area (TPSA) is 102 Å². The van der Waals surface area contributed by atoms with E-state index in [4.69, 9.17) is 15.2 Å². The zero-order chi connectivity index (χ0) is 14.5. The minimum atomic E-state index is -3.38. The second kappa shape index (κ2) is 4.11. The number of hydrogen-bond acceptors (Lipinski definition) is 6. The summed E-state index contributed by atoms with van der Waals surface area (Å²) in [6, 6.07) is 7.10. The maximum atomic E-state index is 12.1. The van der Waals surface area contributed by atoms with Crippen molar-refractivity contribution < 1.29 is 17.9 Å². The fraction of sp³-hybridized carbons (Fsp3) is 0.462. The van der Waals surface area contributed by atoms with Crippen molar-refractivity contribution in [2.45, 2.75) is 23.6 Å². The first kappa shape index (κ1) is 13.2. The summed E-state index contributed by atoms with van der Waals surface area (Å²) in [5.74, 6) is 0.623. The van der Waals surface area contributed by atoms with Gasteiger partial charge in [-0.3, -0.25) is 0 Å². The van der Waals surface area contributed by atoms with Crippen LogP contribution in [0.15, 0.2) is 18.2 Å². The molecule has 0 aromatic heterocycles. The van der Waals surface area contributed by atoms with Crippen molar-refractivity contribution >= 4 is 9.84 Å². The van der Waals surface area contributed by atoms with Gasteiger partial charge in [-0.15, -0.1) is 0 Å². The molecule has 1 aromatic carbocycles. The highest BCUT2D eigenvalue weighted by Gasteiger charge is 2.69. The molecule has 106 valence electrons. The summed E-state index contributed by atoms with van der Waals surface area (Å²) in [6.45, 7) is 1.70. The van der Waals surface area contributed by atoms with Gasteiger partial charge in [0.2, 0.25) is 6.79 Å². The zero-order valence-electron chi connectivity index (χ0n) is 10.9. The van der Waals surface area contributed by atoms with Crippen LogP contribution < -0.4 is 15.2 Å². The Morgan fingerprint density at radius 3 is 2.80 bits per heavy atom. The molecule has 1 heterocycles. The van der Waals surface area contributed by atoms with Crippen molar-refractivity contribution in [3.63, 3.8) is 0 Å². The van der Waals surface area contributed by atoms with E-state index in [2.05, 4.69) is 0 Å². The number of rotatable bonds is 3. The Hall–Kier alpha value is -1.78. The van der Waals surface area contributed by atoms with E-state index in [0.29, 0.717) is 17.1 Å². The molecule has 20 heavy (non-hydrogen) atoms. The van der Waals surface area contributed by atoms with E-state index in [1.54, 1.807) is 25.1 Å². The Labute approximate surface area is 117 Å². The van der Waals surface area contributed by atoms with Crippen molar-refractivity contribution in [1.82, 2.24) is 0 Å². The van der Waals surface area contributed by atoms with Gasteiger partial charge in [0, 0.05) is 11.7 Å². The predicted octanol–water partition coefficient (Wildman–Crippen LogP) is 0.537. The molecule has 2 aliphatic rings. The average Bonchev–Trinajstić information content (AvgIpc) is 2.83. The molecule has 1 saturated carbocycles. The van der Waals surface area contributed by atoms with Crippen LogP contribution in [0.3, 0.4) is 0 Å². The Kier molecular flexibility index (Phi) is 2.71. The van der Waals surface area contributed by atoms with Gasteiger partial charge in [-0.1, -0.05) is 13.0 Å². The monoisotopic (exact) mass is 294 g/mol. The Morgan fingerprint density at radius 2 is 2.15 bits per heavy atom. The van der Waals surface area contributed by atoms with Crippen LogP contribution in [-0.2, 0) is 9.84 Å². The largest absolute Gasteiger partial charge is 0.454 e. The van der Waals surface area contributed by atoms with Crippen LogP contribution in [0, 0.1) is 11.3 Å². The van der Waals surface area contributed by atoms with Crippen molar-refractivity contribution in [2.24, 2.45) is 5.73 Å². The van der Waals surface area contributed by atoms with E-state index in [-0.39, 0.29) is 12.5 Å². The lowest BCUT2D eigenvalue weighted by atomic mass is 10.1. The number of hydrogen-bond donors (Lipinski definition) is 1. The summed E-state index contributed by atoms with van der Waals surface area (Å²) in [4.78, 5) is 0. The van der Waals surface area contributed by atoms with Gasteiger partial charge in [0.15, 0.2) is 21.3 Å². The highest BCUT2D eigenvalue weighted by Crippen LogP contribution is 2.55. The normalized spacial score (nSPS) is 30.9. The molecule has 0 unspecified atom stereocenters. The molecule has 3 rings (SSSR count). The number of nitrogens with zero attached hydrogens (tertiary/aromatic N) is 1. The molecular weight excluding hydrogens is 280 g/mol. The second-order valence-electron chi connectivity index (χ2n) is 5.01. The van der Waals surface area contributed by atoms with Gasteiger partial charge < -0.3 is 15.2 Å². The van der Waals surface area contributed by atoms with Gasteiger partial charge in [-0.05, 0) is 17.7 Å². The summed E-state index contributed by atoms with van der Waals surface area (Å²) < 4.78 is 34.6. The summed E-state index contributed by atoms with van der Waals surface area (Å²) in [6.07, 6.45) is 0. The highest BCUT2D eigenvalue weighted by atomic mass is 32.2. The molecule has 1 fully saturated rings. The lowest BCUT2D eigenvalue weighted by molar-refractivity contribution is 0.174. The molecule has 0 radical (unpaired) electrons. The number of nitrogens with two attached hydrogens (primary N) is 1. The Balaban J connectivity index is 2.01. The average molecular weight is 294 g/mol. The Bertz CT molecular complexity index is 710.